The Balaban J connectivity index is 2.06. The molecule has 4 heteroatoms. The summed E-state index contributed by atoms with van der Waals surface area (Å²) >= 11 is 1.65. The number of rotatable bonds is 3. The van der Waals surface area contributed by atoms with E-state index in [4.69, 9.17) is 10.5 Å². The second kappa shape index (κ2) is 5.23. The van der Waals surface area contributed by atoms with Gasteiger partial charge in [0.2, 0.25) is 0 Å². The predicted molar refractivity (Wildman–Crippen MR) is 80.8 cm³/mol. The van der Waals surface area contributed by atoms with Gasteiger partial charge in [-0.3, -0.25) is 0 Å². The van der Waals surface area contributed by atoms with Crippen LogP contribution in [0.5, 0.6) is 5.75 Å². The van der Waals surface area contributed by atoms with Gasteiger partial charge in [0.15, 0.2) is 11.6 Å². The van der Waals surface area contributed by atoms with Gasteiger partial charge in [0.05, 0.1) is 13.2 Å². The lowest BCUT2D eigenvalue weighted by Crippen LogP contribution is -2.12. The first-order valence-corrected chi connectivity index (χ1v) is 7.14. The molecule has 1 heterocycles. The molecule has 0 bridgehead atoms. The van der Waals surface area contributed by atoms with Crippen LogP contribution < -0.4 is 10.5 Å². The Labute approximate surface area is 120 Å². The first kappa shape index (κ1) is 13.1. The van der Waals surface area contributed by atoms with Crippen molar-refractivity contribution < 1.29 is 9.13 Å². The number of benzene rings is 2. The number of ether oxygens (including phenoxy) is 1. The molecule has 1 unspecified atom stereocenters. The fourth-order valence-electron chi connectivity index (χ4n) is 2.32. The SMILES string of the molecule is COc1ccc(C(N)c2cccc3ccsc23)cc1F. The lowest BCUT2D eigenvalue weighted by atomic mass is 9.98. The van der Waals surface area contributed by atoms with Gasteiger partial charge in [-0.25, -0.2) is 4.39 Å². The van der Waals surface area contributed by atoms with Crippen molar-refractivity contribution in [3.63, 3.8) is 0 Å². The van der Waals surface area contributed by atoms with Crippen LogP contribution in [0.1, 0.15) is 17.2 Å². The molecule has 0 spiro atoms. The van der Waals surface area contributed by atoms with E-state index in [1.54, 1.807) is 23.5 Å². The van der Waals surface area contributed by atoms with Crippen LogP contribution in [0.4, 0.5) is 4.39 Å². The van der Waals surface area contributed by atoms with Crippen LogP contribution in [0, 0.1) is 5.82 Å². The minimum absolute atomic E-state index is 0.232. The van der Waals surface area contributed by atoms with E-state index in [0.717, 1.165) is 21.2 Å². The lowest BCUT2D eigenvalue weighted by molar-refractivity contribution is 0.386. The van der Waals surface area contributed by atoms with Crippen molar-refractivity contribution in [2.24, 2.45) is 5.73 Å². The number of nitrogens with two attached hydrogens (primary N) is 1. The molecule has 0 radical (unpaired) electrons. The maximum Gasteiger partial charge on any atom is 0.165 e. The van der Waals surface area contributed by atoms with Gasteiger partial charge in [-0.15, -0.1) is 11.3 Å². The second-order valence-electron chi connectivity index (χ2n) is 4.56. The minimum Gasteiger partial charge on any atom is -0.494 e. The van der Waals surface area contributed by atoms with E-state index in [-0.39, 0.29) is 17.6 Å². The predicted octanol–water partition coefficient (Wildman–Crippen LogP) is 4.10. The standard InChI is InChI=1S/C16H14FNOS/c1-19-14-6-5-11(9-13(14)17)15(18)12-4-2-3-10-7-8-20-16(10)12/h2-9,15H,18H2,1H3. The van der Waals surface area contributed by atoms with Crippen molar-refractivity contribution in [2.45, 2.75) is 6.04 Å². The average Bonchev–Trinajstić information content (AvgIpc) is 2.94. The van der Waals surface area contributed by atoms with Gasteiger partial charge in [-0.05, 0) is 40.1 Å². The number of halogens is 1. The molecule has 0 amide bonds. The first-order chi connectivity index (χ1) is 9.70. The zero-order valence-corrected chi connectivity index (χ0v) is 11.8. The molecule has 0 aliphatic carbocycles. The topological polar surface area (TPSA) is 35.2 Å². The van der Waals surface area contributed by atoms with Crippen molar-refractivity contribution in [3.8, 4) is 5.75 Å². The molecule has 0 saturated carbocycles. The number of hydrogen-bond donors (Lipinski definition) is 1. The maximum atomic E-state index is 13.8. The molecule has 3 aromatic rings. The summed E-state index contributed by atoms with van der Waals surface area (Å²) in [7, 11) is 1.45. The van der Waals surface area contributed by atoms with Crippen LogP contribution in [0.2, 0.25) is 0 Å². The van der Waals surface area contributed by atoms with Crippen LogP contribution in [-0.4, -0.2) is 7.11 Å². The maximum absolute atomic E-state index is 13.8. The van der Waals surface area contributed by atoms with Gasteiger partial charge < -0.3 is 10.5 Å². The van der Waals surface area contributed by atoms with Crippen molar-refractivity contribution in [3.05, 3.63) is 64.8 Å². The van der Waals surface area contributed by atoms with Crippen LogP contribution >= 0.6 is 11.3 Å². The van der Waals surface area contributed by atoms with E-state index >= 15 is 0 Å². The molecule has 0 saturated heterocycles. The van der Waals surface area contributed by atoms with Crippen LogP contribution in [0.15, 0.2) is 47.8 Å². The largest absolute Gasteiger partial charge is 0.494 e. The van der Waals surface area contributed by atoms with Gasteiger partial charge in [0.1, 0.15) is 0 Å². The molecule has 2 nitrogen and oxygen atoms in total. The molecular formula is C16H14FNOS. The summed E-state index contributed by atoms with van der Waals surface area (Å²) in [5, 5.41) is 3.20. The highest BCUT2D eigenvalue weighted by atomic mass is 32.1. The highest BCUT2D eigenvalue weighted by Gasteiger charge is 2.15. The Morgan fingerprint density at radius 2 is 2.05 bits per heavy atom. The van der Waals surface area contributed by atoms with E-state index in [0.29, 0.717) is 0 Å². The Morgan fingerprint density at radius 1 is 1.20 bits per heavy atom. The summed E-state index contributed by atoms with van der Waals surface area (Å²) in [6.45, 7) is 0. The molecule has 3 rings (SSSR count). The second-order valence-corrected chi connectivity index (χ2v) is 5.47. The molecule has 2 N–H and O–H groups in total. The van der Waals surface area contributed by atoms with E-state index in [9.17, 15) is 4.39 Å². The Bertz CT molecular complexity index is 753. The molecule has 1 atom stereocenters. The molecule has 0 fully saturated rings. The van der Waals surface area contributed by atoms with Gasteiger partial charge in [-0.1, -0.05) is 24.3 Å². The third-order valence-corrected chi connectivity index (χ3v) is 4.36. The summed E-state index contributed by atoms with van der Waals surface area (Å²) in [4.78, 5) is 0. The minimum atomic E-state index is -0.390. The molecule has 102 valence electrons. The third-order valence-electron chi connectivity index (χ3n) is 3.38. The summed E-state index contributed by atoms with van der Waals surface area (Å²) in [6, 6.07) is 12.6. The molecular weight excluding hydrogens is 273 g/mol. The molecule has 2 aromatic carbocycles. The lowest BCUT2D eigenvalue weighted by Gasteiger charge is -2.14. The smallest absolute Gasteiger partial charge is 0.165 e. The Kier molecular flexibility index (Phi) is 3.42. The van der Waals surface area contributed by atoms with Gasteiger partial charge in [0.25, 0.3) is 0 Å². The third kappa shape index (κ3) is 2.17. The quantitative estimate of drug-likeness (QED) is 0.787. The van der Waals surface area contributed by atoms with Crippen molar-refractivity contribution in [1.82, 2.24) is 0 Å². The Hall–Kier alpha value is -1.91. The van der Waals surface area contributed by atoms with Gasteiger partial charge >= 0.3 is 0 Å². The fraction of sp³-hybridized carbons (Fsp3) is 0.125. The summed E-state index contributed by atoms with van der Waals surface area (Å²) in [6.07, 6.45) is 0. The van der Waals surface area contributed by atoms with E-state index in [1.807, 2.05) is 17.5 Å². The Morgan fingerprint density at radius 3 is 2.80 bits per heavy atom. The number of hydrogen-bond acceptors (Lipinski definition) is 3. The fourth-order valence-corrected chi connectivity index (χ4v) is 3.27. The van der Waals surface area contributed by atoms with Crippen LogP contribution in [0.3, 0.4) is 0 Å². The van der Waals surface area contributed by atoms with Crippen molar-refractivity contribution in [2.75, 3.05) is 7.11 Å². The van der Waals surface area contributed by atoms with E-state index in [2.05, 4.69) is 12.1 Å². The number of methoxy groups -OCH3 is 1. The normalized spacial score (nSPS) is 12.6. The average molecular weight is 287 g/mol. The zero-order valence-electron chi connectivity index (χ0n) is 11.0. The highest BCUT2D eigenvalue weighted by molar-refractivity contribution is 7.17. The summed E-state index contributed by atoms with van der Waals surface area (Å²) in [5.41, 5.74) is 8.06. The molecule has 20 heavy (non-hydrogen) atoms. The van der Waals surface area contributed by atoms with Gasteiger partial charge in [0, 0.05) is 4.70 Å². The van der Waals surface area contributed by atoms with Gasteiger partial charge in [-0.2, -0.15) is 0 Å². The van der Waals surface area contributed by atoms with Crippen molar-refractivity contribution in [1.29, 1.82) is 0 Å². The number of fused-ring (bicyclic) bond motifs is 1. The monoisotopic (exact) mass is 287 g/mol. The highest BCUT2D eigenvalue weighted by Crippen LogP contribution is 2.32. The summed E-state index contributed by atoms with van der Waals surface area (Å²) < 4.78 is 19.9. The zero-order chi connectivity index (χ0) is 14.1. The molecule has 1 aromatic heterocycles. The van der Waals surface area contributed by atoms with Crippen LogP contribution in [-0.2, 0) is 0 Å². The number of thiophene rings is 1. The molecule has 0 aliphatic heterocycles. The molecule has 0 aliphatic rings. The first-order valence-electron chi connectivity index (χ1n) is 6.26. The van der Waals surface area contributed by atoms with Crippen molar-refractivity contribution >= 4 is 21.4 Å². The van der Waals surface area contributed by atoms with E-state index in [1.165, 1.54) is 13.2 Å². The van der Waals surface area contributed by atoms with E-state index < -0.39 is 0 Å². The summed E-state index contributed by atoms with van der Waals surface area (Å²) in [5.74, 6) is -0.158. The van der Waals surface area contributed by atoms with Crippen LogP contribution in [0.25, 0.3) is 10.1 Å².